The topological polar surface area (TPSA) is 52.0 Å². The normalized spacial score (nSPS) is 34.0. The summed E-state index contributed by atoms with van der Waals surface area (Å²) in [4.78, 5) is 0. The predicted molar refractivity (Wildman–Crippen MR) is 52.7 cm³/mol. The molecule has 0 fully saturated rings. The summed E-state index contributed by atoms with van der Waals surface area (Å²) < 4.78 is 14.3. The van der Waals surface area contributed by atoms with Gasteiger partial charge in [0.15, 0.2) is 5.67 Å². The Morgan fingerprint density at radius 3 is 2.54 bits per heavy atom. The molecule has 3 heteroatoms. The highest BCUT2D eigenvalue weighted by molar-refractivity contribution is 5.38. The lowest BCUT2D eigenvalue weighted by Crippen LogP contribution is -2.46. The van der Waals surface area contributed by atoms with E-state index in [1.807, 2.05) is 6.92 Å². The molecule has 0 saturated heterocycles. The standard InChI is InChI=1S/C10H17FN2/c1-3-7-8(12)5-6-9(13)10(7,11)4-2/h5-6,9H,3-4,12-13H2,1-2H3. The number of hydrogen-bond donors (Lipinski definition) is 2. The van der Waals surface area contributed by atoms with Gasteiger partial charge in [-0.1, -0.05) is 19.9 Å². The van der Waals surface area contributed by atoms with Crippen molar-refractivity contribution in [3.8, 4) is 0 Å². The van der Waals surface area contributed by atoms with E-state index in [-0.39, 0.29) is 0 Å². The largest absolute Gasteiger partial charge is 0.399 e. The van der Waals surface area contributed by atoms with Crippen LogP contribution in [0.3, 0.4) is 0 Å². The summed E-state index contributed by atoms with van der Waals surface area (Å²) in [6, 6.07) is -0.556. The Kier molecular flexibility index (Phi) is 2.76. The van der Waals surface area contributed by atoms with Gasteiger partial charge in [0.05, 0.1) is 6.04 Å². The fourth-order valence-electron chi connectivity index (χ4n) is 1.85. The second-order valence-corrected chi connectivity index (χ2v) is 3.39. The van der Waals surface area contributed by atoms with Crippen molar-refractivity contribution in [1.29, 1.82) is 0 Å². The van der Waals surface area contributed by atoms with E-state index < -0.39 is 11.7 Å². The van der Waals surface area contributed by atoms with E-state index in [0.717, 1.165) is 0 Å². The van der Waals surface area contributed by atoms with Gasteiger partial charge in [0.2, 0.25) is 0 Å². The number of nitrogens with two attached hydrogens (primary N) is 2. The highest BCUT2D eigenvalue weighted by Crippen LogP contribution is 2.35. The third-order valence-electron chi connectivity index (χ3n) is 2.73. The van der Waals surface area contributed by atoms with Crippen LogP contribution in [0.25, 0.3) is 0 Å². The maximum atomic E-state index is 14.3. The fraction of sp³-hybridized carbons (Fsp3) is 0.600. The molecule has 0 aliphatic heterocycles. The molecule has 0 heterocycles. The van der Waals surface area contributed by atoms with Gasteiger partial charge in [-0.2, -0.15) is 0 Å². The van der Waals surface area contributed by atoms with Gasteiger partial charge in [-0.15, -0.1) is 0 Å². The minimum atomic E-state index is -1.44. The summed E-state index contributed by atoms with van der Waals surface area (Å²) in [7, 11) is 0. The van der Waals surface area contributed by atoms with E-state index in [9.17, 15) is 4.39 Å². The summed E-state index contributed by atoms with van der Waals surface area (Å²) in [6.07, 6.45) is 4.34. The van der Waals surface area contributed by atoms with Crippen molar-refractivity contribution >= 4 is 0 Å². The molecule has 0 saturated carbocycles. The van der Waals surface area contributed by atoms with Gasteiger partial charge in [-0.3, -0.25) is 0 Å². The fourth-order valence-corrected chi connectivity index (χ4v) is 1.85. The first-order valence-corrected chi connectivity index (χ1v) is 4.68. The van der Waals surface area contributed by atoms with E-state index in [2.05, 4.69) is 0 Å². The maximum Gasteiger partial charge on any atom is 0.152 e. The van der Waals surface area contributed by atoms with E-state index in [1.54, 1.807) is 19.1 Å². The lowest BCUT2D eigenvalue weighted by molar-refractivity contribution is 0.176. The molecule has 0 aromatic carbocycles. The third-order valence-corrected chi connectivity index (χ3v) is 2.73. The molecule has 1 aliphatic rings. The Balaban J connectivity index is 3.12. The predicted octanol–water partition coefficient (Wildman–Crippen LogP) is 1.62. The van der Waals surface area contributed by atoms with Gasteiger partial charge in [0, 0.05) is 5.70 Å². The van der Waals surface area contributed by atoms with Crippen LogP contribution in [0.15, 0.2) is 23.4 Å². The zero-order valence-electron chi connectivity index (χ0n) is 8.18. The second-order valence-electron chi connectivity index (χ2n) is 3.39. The quantitative estimate of drug-likeness (QED) is 0.685. The number of rotatable bonds is 2. The van der Waals surface area contributed by atoms with Crippen molar-refractivity contribution in [2.45, 2.75) is 38.4 Å². The summed E-state index contributed by atoms with van der Waals surface area (Å²) >= 11 is 0. The molecule has 0 aromatic rings. The van der Waals surface area contributed by atoms with E-state index in [4.69, 9.17) is 11.5 Å². The van der Waals surface area contributed by atoms with Gasteiger partial charge < -0.3 is 11.5 Å². The van der Waals surface area contributed by atoms with Crippen LogP contribution < -0.4 is 11.5 Å². The Hall–Kier alpha value is -0.830. The first-order valence-electron chi connectivity index (χ1n) is 4.68. The van der Waals surface area contributed by atoms with E-state index in [0.29, 0.717) is 24.1 Å². The molecule has 1 aliphatic carbocycles. The summed E-state index contributed by atoms with van der Waals surface area (Å²) in [5.74, 6) is 0. The van der Waals surface area contributed by atoms with Crippen LogP contribution in [0.4, 0.5) is 4.39 Å². The van der Waals surface area contributed by atoms with Crippen molar-refractivity contribution < 1.29 is 4.39 Å². The molecule has 0 aromatic heterocycles. The summed E-state index contributed by atoms with van der Waals surface area (Å²) in [5, 5.41) is 0. The van der Waals surface area contributed by atoms with Crippen LogP contribution in [0.2, 0.25) is 0 Å². The molecule has 13 heavy (non-hydrogen) atoms. The Bertz CT molecular complexity index is 258. The first-order chi connectivity index (χ1) is 6.06. The number of hydrogen-bond acceptors (Lipinski definition) is 2. The van der Waals surface area contributed by atoms with Crippen LogP contribution in [-0.2, 0) is 0 Å². The van der Waals surface area contributed by atoms with E-state index in [1.165, 1.54) is 0 Å². The Morgan fingerprint density at radius 1 is 1.54 bits per heavy atom. The van der Waals surface area contributed by atoms with Crippen molar-refractivity contribution in [3.63, 3.8) is 0 Å². The molecular weight excluding hydrogens is 167 g/mol. The summed E-state index contributed by atoms with van der Waals surface area (Å²) in [6.45, 7) is 3.69. The second kappa shape index (κ2) is 3.50. The average molecular weight is 184 g/mol. The highest BCUT2D eigenvalue weighted by Gasteiger charge is 2.39. The van der Waals surface area contributed by atoms with Crippen LogP contribution >= 0.6 is 0 Å². The number of halogens is 1. The minimum Gasteiger partial charge on any atom is -0.399 e. The zero-order chi connectivity index (χ0) is 10.1. The molecule has 1 rings (SSSR count). The van der Waals surface area contributed by atoms with Crippen molar-refractivity contribution in [1.82, 2.24) is 0 Å². The van der Waals surface area contributed by atoms with Gasteiger partial charge in [0.25, 0.3) is 0 Å². The number of alkyl halides is 1. The van der Waals surface area contributed by atoms with Gasteiger partial charge >= 0.3 is 0 Å². The first kappa shape index (κ1) is 10.3. The molecule has 2 atom stereocenters. The van der Waals surface area contributed by atoms with Gasteiger partial charge in [0.1, 0.15) is 0 Å². The highest BCUT2D eigenvalue weighted by atomic mass is 19.1. The van der Waals surface area contributed by atoms with Gasteiger partial charge in [-0.05, 0) is 24.5 Å². The molecule has 74 valence electrons. The molecule has 0 bridgehead atoms. The minimum absolute atomic E-state index is 0.377. The average Bonchev–Trinajstić information content (AvgIpc) is 2.13. The Labute approximate surface area is 78.5 Å². The Morgan fingerprint density at radius 2 is 2.15 bits per heavy atom. The third kappa shape index (κ3) is 1.48. The van der Waals surface area contributed by atoms with Crippen molar-refractivity contribution in [2.75, 3.05) is 0 Å². The zero-order valence-corrected chi connectivity index (χ0v) is 8.18. The van der Waals surface area contributed by atoms with Crippen LogP contribution in [-0.4, -0.2) is 11.7 Å². The monoisotopic (exact) mass is 184 g/mol. The molecule has 0 radical (unpaired) electrons. The molecule has 2 nitrogen and oxygen atoms in total. The van der Waals surface area contributed by atoms with Gasteiger partial charge in [-0.25, -0.2) is 4.39 Å². The number of allylic oxidation sites excluding steroid dienone is 1. The molecule has 2 unspecified atom stereocenters. The lowest BCUT2D eigenvalue weighted by atomic mass is 9.80. The van der Waals surface area contributed by atoms with Crippen LogP contribution in [0.5, 0.6) is 0 Å². The molecule has 0 amide bonds. The van der Waals surface area contributed by atoms with Crippen LogP contribution in [0, 0.1) is 0 Å². The molecule has 0 spiro atoms. The SMILES string of the molecule is CCC1=C(N)C=CC(N)C1(F)CC. The molecular formula is C10H17FN2. The molecule has 4 N–H and O–H groups in total. The van der Waals surface area contributed by atoms with Crippen molar-refractivity contribution in [3.05, 3.63) is 23.4 Å². The van der Waals surface area contributed by atoms with Crippen molar-refractivity contribution in [2.24, 2.45) is 11.5 Å². The van der Waals surface area contributed by atoms with Crippen LogP contribution in [0.1, 0.15) is 26.7 Å². The lowest BCUT2D eigenvalue weighted by Gasteiger charge is -2.34. The van der Waals surface area contributed by atoms with E-state index >= 15 is 0 Å². The summed E-state index contributed by atoms with van der Waals surface area (Å²) in [5.41, 5.74) is 11.1. The smallest absolute Gasteiger partial charge is 0.152 e. The maximum absolute atomic E-state index is 14.3.